The van der Waals surface area contributed by atoms with Gasteiger partial charge in [-0.3, -0.25) is 0 Å². The van der Waals surface area contributed by atoms with E-state index in [0.717, 1.165) is 29.6 Å². The molecule has 0 heteroatoms. The van der Waals surface area contributed by atoms with Crippen LogP contribution in [0.25, 0.3) is 0 Å². The molecule has 0 bridgehead atoms. The highest BCUT2D eigenvalue weighted by Crippen LogP contribution is 2.76. The molecule has 0 nitrogen and oxygen atoms in total. The van der Waals surface area contributed by atoms with E-state index in [1.54, 1.807) is 5.57 Å². The van der Waals surface area contributed by atoms with Crippen molar-refractivity contribution in [1.29, 1.82) is 0 Å². The molecule has 0 saturated heterocycles. The molecule has 0 spiro atoms. The van der Waals surface area contributed by atoms with Crippen LogP contribution in [0.3, 0.4) is 0 Å². The van der Waals surface area contributed by atoms with E-state index in [-0.39, 0.29) is 0 Å². The fourth-order valence-electron chi connectivity index (χ4n) is 11.4. The standard InChI is InChI=1S/C30H50/c1-20-12-16-27(5)18-19-29(7)22(25(27)21(20)2)10-11-24-28(6)15-9-14-26(3,4)23(28)13-17-30(24,29)8/h12,21-25H,9-11,13-19H2,1-8H3. The quantitative estimate of drug-likeness (QED) is 0.349. The Morgan fingerprint density at radius 2 is 1.50 bits per heavy atom. The predicted octanol–water partition coefficient (Wildman–Crippen LogP) is 9.05. The fourth-order valence-corrected chi connectivity index (χ4v) is 11.4. The third-order valence-corrected chi connectivity index (χ3v) is 13.3. The van der Waals surface area contributed by atoms with Gasteiger partial charge in [-0.05, 0) is 121 Å². The Morgan fingerprint density at radius 1 is 0.767 bits per heavy atom. The van der Waals surface area contributed by atoms with Crippen LogP contribution in [-0.2, 0) is 0 Å². The van der Waals surface area contributed by atoms with Crippen LogP contribution in [0.5, 0.6) is 0 Å². The van der Waals surface area contributed by atoms with Gasteiger partial charge in [-0.25, -0.2) is 0 Å². The number of hydrogen-bond acceptors (Lipinski definition) is 0. The molecule has 30 heavy (non-hydrogen) atoms. The monoisotopic (exact) mass is 410 g/mol. The van der Waals surface area contributed by atoms with Gasteiger partial charge in [-0.15, -0.1) is 0 Å². The van der Waals surface area contributed by atoms with Crippen LogP contribution in [0.15, 0.2) is 11.6 Å². The van der Waals surface area contributed by atoms with Gasteiger partial charge < -0.3 is 0 Å². The van der Waals surface area contributed by atoms with E-state index in [1.807, 2.05) is 0 Å². The van der Waals surface area contributed by atoms with E-state index in [0.29, 0.717) is 27.1 Å². The average Bonchev–Trinajstić information content (AvgIpc) is 2.65. The van der Waals surface area contributed by atoms with Crippen LogP contribution >= 0.6 is 0 Å². The number of fused-ring (bicyclic) bond motifs is 7. The van der Waals surface area contributed by atoms with E-state index in [4.69, 9.17) is 0 Å². The van der Waals surface area contributed by atoms with E-state index in [9.17, 15) is 0 Å². The second kappa shape index (κ2) is 6.41. The van der Waals surface area contributed by atoms with Crippen molar-refractivity contribution in [2.45, 2.75) is 120 Å². The summed E-state index contributed by atoms with van der Waals surface area (Å²) in [6.07, 6.45) is 17.3. The first-order valence-corrected chi connectivity index (χ1v) is 13.6. The lowest BCUT2D eigenvalue weighted by molar-refractivity contribution is -0.240. The lowest BCUT2D eigenvalue weighted by atomic mass is 9.31. The van der Waals surface area contributed by atoms with E-state index in [2.05, 4.69) is 61.5 Å². The van der Waals surface area contributed by atoms with Gasteiger partial charge in [0.25, 0.3) is 0 Å². The van der Waals surface area contributed by atoms with Crippen LogP contribution in [0.4, 0.5) is 0 Å². The van der Waals surface area contributed by atoms with Gasteiger partial charge in [-0.1, -0.05) is 66.5 Å². The summed E-state index contributed by atoms with van der Waals surface area (Å²) < 4.78 is 0. The summed E-state index contributed by atoms with van der Waals surface area (Å²) in [6.45, 7) is 21.2. The van der Waals surface area contributed by atoms with E-state index in [1.165, 1.54) is 64.2 Å². The van der Waals surface area contributed by atoms with Gasteiger partial charge in [0.1, 0.15) is 0 Å². The first-order valence-electron chi connectivity index (χ1n) is 13.6. The molecule has 0 radical (unpaired) electrons. The molecule has 0 aromatic heterocycles. The highest BCUT2D eigenvalue weighted by atomic mass is 14.7. The van der Waals surface area contributed by atoms with E-state index >= 15 is 0 Å². The molecular weight excluding hydrogens is 360 g/mol. The lowest BCUT2D eigenvalue weighted by Gasteiger charge is -2.73. The summed E-state index contributed by atoms with van der Waals surface area (Å²) in [5, 5.41) is 0. The van der Waals surface area contributed by atoms with Crippen LogP contribution in [0.2, 0.25) is 0 Å². The highest BCUT2D eigenvalue weighted by Gasteiger charge is 2.68. The minimum absolute atomic E-state index is 0.543. The molecule has 4 saturated carbocycles. The summed E-state index contributed by atoms with van der Waals surface area (Å²) in [7, 11) is 0. The highest BCUT2D eigenvalue weighted by molar-refractivity contribution is 5.22. The molecule has 5 rings (SSSR count). The molecule has 0 aromatic carbocycles. The maximum atomic E-state index is 2.80. The summed E-state index contributed by atoms with van der Waals surface area (Å²) in [4.78, 5) is 0. The van der Waals surface area contributed by atoms with Gasteiger partial charge in [0.05, 0.1) is 0 Å². The van der Waals surface area contributed by atoms with Crippen molar-refractivity contribution in [1.82, 2.24) is 0 Å². The van der Waals surface area contributed by atoms with Crippen LogP contribution in [-0.4, -0.2) is 0 Å². The van der Waals surface area contributed by atoms with Crippen LogP contribution in [0.1, 0.15) is 120 Å². The fraction of sp³-hybridized carbons (Fsp3) is 0.933. The maximum Gasteiger partial charge on any atom is -0.0198 e. The van der Waals surface area contributed by atoms with Crippen molar-refractivity contribution in [3.63, 3.8) is 0 Å². The van der Waals surface area contributed by atoms with Gasteiger partial charge >= 0.3 is 0 Å². The molecule has 170 valence electrons. The number of rotatable bonds is 0. The lowest BCUT2D eigenvalue weighted by Crippen LogP contribution is -2.66. The Kier molecular flexibility index (Phi) is 4.61. The Bertz CT molecular complexity index is 743. The van der Waals surface area contributed by atoms with Crippen LogP contribution < -0.4 is 0 Å². The normalized spacial score (nSPS) is 57.3. The SMILES string of the molecule is CC1=CCC2(C)CCC3(C)C(CCC4C5(C)CCCC(C)(C)C5CCC43C)C2C1C. The van der Waals surface area contributed by atoms with Crippen molar-refractivity contribution in [3.8, 4) is 0 Å². The molecule has 4 fully saturated rings. The van der Waals surface area contributed by atoms with Gasteiger partial charge in [0.15, 0.2) is 0 Å². The first kappa shape index (κ1) is 21.6. The molecule has 0 aromatic rings. The minimum Gasteiger partial charge on any atom is -0.0848 e. The topological polar surface area (TPSA) is 0 Å². The van der Waals surface area contributed by atoms with Crippen molar-refractivity contribution < 1.29 is 0 Å². The van der Waals surface area contributed by atoms with Crippen molar-refractivity contribution in [3.05, 3.63) is 11.6 Å². The Balaban J connectivity index is 1.55. The molecule has 5 aliphatic carbocycles. The molecule has 0 N–H and O–H groups in total. The zero-order valence-corrected chi connectivity index (χ0v) is 21.5. The van der Waals surface area contributed by atoms with Crippen LogP contribution in [0, 0.1) is 56.7 Å². The van der Waals surface area contributed by atoms with Gasteiger partial charge in [-0.2, -0.15) is 0 Å². The molecule has 0 amide bonds. The number of allylic oxidation sites excluding steroid dienone is 2. The molecule has 9 unspecified atom stereocenters. The molecule has 5 aliphatic rings. The zero-order valence-electron chi connectivity index (χ0n) is 21.5. The van der Waals surface area contributed by atoms with Crippen molar-refractivity contribution in [2.24, 2.45) is 56.7 Å². The summed E-state index contributed by atoms with van der Waals surface area (Å²) in [6, 6.07) is 0. The molecule has 0 aliphatic heterocycles. The zero-order chi connectivity index (χ0) is 21.7. The van der Waals surface area contributed by atoms with Gasteiger partial charge in [0, 0.05) is 0 Å². The summed E-state index contributed by atoms with van der Waals surface area (Å²) in [5.74, 6) is 4.53. The third-order valence-electron chi connectivity index (χ3n) is 13.3. The van der Waals surface area contributed by atoms with Gasteiger partial charge in [0.2, 0.25) is 0 Å². The molecule has 9 atom stereocenters. The minimum atomic E-state index is 0.543. The Hall–Kier alpha value is -0.260. The molecular formula is C30H50. The largest absolute Gasteiger partial charge is 0.0848 e. The van der Waals surface area contributed by atoms with E-state index < -0.39 is 0 Å². The Morgan fingerprint density at radius 3 is 2.23 bits per heavy atom. The number of hydrogen-bond donors (Lipinski definition) is 0. The second-order valence-corrected chi connectivity index (χ2v) is 14.6. The second-order valence-electron chi connectivity index (χ2n) is 14.6. The predicted molar refractivity (Wildman–Crippen MR) is 129 cm³/mol. The van der Waals surface area contributed by atoms with Crippen molar-refractivity contribution >= 4 is 0 Å². The maximum absolute atomic E-state index is 2.80. The Labute approximate surface area is 188 Å². The smallest absolute Gasteiger partial charge is 0.0198 e. The summed E-state index contributed by atoms with van der Waals surface area (Å²) in [5.41, 5.74) is 4.47. The summed E-state index contributed by atoms with van der Waals surface area (Å²) >= 11 is 0. The first-order chi connectivity index (χ1) is 13.9. The third kappa shape index (κ3) is 2.52. The average molecular weight is 411 g/mol. The molecule has 0 heterocycles. The van der Waals surface area contributed by atoms with Crippen molar-refractivity contribution in [2.75, 3.05) is 0 Å².